The normalized spacial score (nSPS) is 21.0. The first-order valence-corrected chi connectivity index (χ1v) is 9.59. The smallest absolute Gasteiger partial charge is 0.175 e. The summed E-state index contributed by atoms with van der Waals surface area (Å²) in [6.07, 6.45) is 3.31. The van der Waals surface area contributed by atoms with Crippen molar-refractivity contribution in [1.29, 1.82) is 0 Å². The Morgan fingerprint density at radius 2 is 1.65 bits per heavy atom. The highest BCUT2D eigenvalue weighted by atomic mass is 32.2. The summed E-state index contributed by atoms with van der Waals surface area (Å²) in [4.78, 5) is 0.348. The summed E-state index contributed by atoms with van der Waals surface area (Å²) < 4.78 is 35.7. The number of benzene rings is 2. The second-order valence-electron chi connectivity index (χ2n) is 6.21. The lowest BCUT2D eigenvalue weighted by atomic mass is 9.76. The average Bonchev–Trinajstić information content (AvgIpc) is 2.47. The summed E-state index contributed by atoms with van der Waals surface area (Å²) in [6, 6.07) is 14.2. The predicted molar refractivity (Wildman–Crippen MR) is 88.6 cm³/mol. The molecule has 0 unspecified atom stereocenters. The number of nitrogens with one attached hydrogen (secondary N) is 1. The molecule has 23 heavy (non-hydrogen) atoms. The van der Waals surface area contributed by atoms with E-state index in [4.69, 9.17) is 0 Å². The van der Waals surface area contributed by atoms with Crippen LogP contribution >= 0.6 is 0 Å². The zero-order valence-electron chi connectivity index (χ0n) is 13.0. The van der Waals surface area contributed by atoms with Crippen molar-refractivity contribution in [3.05, 3.63) is 65.5 Å². The van der Waals surface area contributed by atoms with E-state index in [2.05, 4.69) is 5.32 Å². The highest BCUT2D eigenvalue weighted by Crippen LogP contribution is 2.36. The lowest BCUT2D eigenvalue weighted by Crippen LogP contribution is -2.39. The molecule has 1 saturated carbocycles. The molecule has 1 N–H and O–H groups in total. The minimum Gasteiger partial charge on any atom is -0.310 e. The molecule has 0 saturated heterocycles. The maximum atomic E-state index is 12.9. The quantitative estimate of drug-likeness (QED) is 0.913. The van der Waals surface area contributed by atoms with Gasteiger partial charge >= 0.3 is 0 Å². The van der Waals surface area contributed by atoms with Crippen molar-refractivity contribution in [2.24, 2.45) is 0 Å². The minimum absolute atomic E-state index is 0.194. The summed E-state index contributed by atoms with van der Waals surface area (Å²) in [6.45, 7) is 0.727. The summed E-state index contributed by atoms with van der Waals surface area (Å²) in [5.74, 6) is 0.306. The molecule has 0 heterocycles. The maximum absolute atomic E-state index is 12.9. The van der Waals surface area contributed by atoms with E-state index < -0.39 is 9.84 Å². The van der Waals surface area contributed by atoms with Gasteiger partial charge < -0.3 is 5.32 Å². The Bertz CT molecular complexity index is 764. The molecule has 1 aliphatic carbocycles. The molecule has 3 nitrogen and oxygen atoms in total. The fourth-order valence-corrected chi connectivity index (χ4v) is 3.54. The van der Waals surface area contributed by atoms with Crippen molar-refractivity contribution in [3.8, 4) is 0 Å². The van der Waals surface area contributed by atoms with Crippen molar-refractivity contribution < 1.29 is 12.8 Å². The van der Waals surface area contributed by atoms with E-state index in [-0.39, 0.29) is 5.82 Å². The lowest BCUT2D eigenvalue weighted by Gasteiger charge is -2.36. The first kappa shape index (κ1) is 16.1. The molecule has 0 atom stereocenters. The third-order valence-corrected chi connectivity index (χ3v) is 5.55. The van der Waals surface area contributed by atoms with Crippen LogP contribution in [0, 0.1) is 5.82 Å². The van der Waals surface area contributed by atoms with Crippen molar-refractivity contribution in [3.63, 3.8) is 0 Å². The number of hydrogen-bond donors (Lipinski definition) is 1. The fraction of sp³-hybridized carbons (Fsp3) is 0.333. The van der Waals surface area contributed by atoms with Crippen LogP contribution in [0.2, 0.25) is 0 Å². The molecule has 1 aliphatic rings. The largest absolute Gasteiger partial charge is 0.310 e. The Morgan fingerprint density at radius 1 is 1.04 bits per heavy atom. The molecule has 0 amide bonds. The summed E-state index contributed by atoms with van der Waals surface area (Å²) >= 11 is 0. The van der Waals surface area contributed by atoms with Crippen LogP contribution in [0.4, 0.5) is 4.39 Å². The molecule has 0 aromatic heterocycles. The van der Waals surface area contributed by atoms with E-state index in [1.807, 2.05) is 24.3 Å². The highest BCUT2D eigenvalue weighted by Gasteiger charge is 2.29. The Labute approximate surface area is 136 Å². The minimum atomic E-state index is -3.13. The van der Waals surface area contributed by atoms with Crippen LogP contribution in [0.3, 0.4) is 0 Å². The van der Waals surface area contributed by atoms with Crippen LogP contribution in [0.15, 0.2) is 53.4 Å². The monoisotopic (exact) mass is 333 g/mol. The van der Waals surface area contributed by atoms with Crippen LogP contribution < -0.4 is 5.32 Å². The molecule has 0 spiro atoms. The Kier molecular flexibility index (Phi) is 4.50. The number of halogens is 1. The van der Waals surface area contributed by atoms with Crippen molar-refractivity contribution in [2.75, 3.05) is 6.26 Å². The molecule has 5 heteroatoms. The Hall–Kier alpha value is -1.72. The second-order valence-corrected chi connectivity index (χ2v) is 8.23. The zero-order chi connectivity index (χ0) is 16.4. The molecular formula is C18H20FNO2S. The van der Waals surface area contributed by atoms with Gasteiger partial charge in [0, 0.05) is 18.8 Å². The van der Waals surface area contributed by atoms with Crippen molar-refractivity contribution in [2.45, 2.75) is 36.2 Å². The molecule has 2 aromatic carbocycles. The summed E-state index contributed by atoms with van der Waals surface area (Å²) in [5, 5.41) is 3.48. The van der Waals surface area contributed by atoms with E-state index in [9.17, 15) is 12.8 Å². The van der Waals surface area contributed by atoms with Gasteiger partial charge in [-0.25, -0.2) is 12.8 Å². The van der Waals surface area contributed by atoms with E-state index in [1.165, 1.54) is 24.0 Å². The fourth-order valence-electron chi connectivity index (χ4n) is 2.91. The van der Waals surface area contributed by atoms with E-state index >= 15 is 0 Å². The van der Waals surface area contributed by atoms with Gasteiger partial charge in [-0.1, -0.05) is 24.3 Å². The topological polar surface area (TPSA) is 46.2 Å². The predicted octanol–water partition coefficient (Wildman–Crippen LogP) is 3.27. The Morgan fingerprint density at radius 3 is 2.22 bits per heavy atom. The molecule has 3 rings (SSSR count). The summed E-state index contributed by atoms with van der Waals surface area (Å²) in [7, 11) is -3.13. The van der Waals surface area contributed by atoms with E-state index in [0.717, 1.165) is 24.9 Å². The maximum Gasteiger partial charge on any atom is 0.175 e. The van der Waals surface area contributed by atoms with Crippen LogP contribution in [0.25, 0.3) is 0 Å². The SMILES string of the molecule is CS(=O)(=O)c1ccc(CNC2CC(c3ccc(F)cc3)C2)cc1. The number of hydrogen-bond acceptors (Lipinski definition) is 3. The first-order chi connectivity index (χ1) is 10.9. The molecule has 122 valence electrons. The second kappa shape index (κ2) is 6.42. The van der Waals surface area contributed by atoms with Gasteiger partial charge in [-0.2, -0.15) is 0 Å². The third-order valence-electron chi connectivity index (χ3n) is 4.43. The molecule has 0 aliphatic heterocycles. The van der Waals surface area contributed by atoms with Crippen LogP contribution in [-0.2, 0) is 16.4 Å². The van der Waals surface area contributed by atoms with Gasteiger partial charge in [0.25, 0.3) is 0 Å². The van der Waals surface area contributed by atoms with Gasteiger partial charge in [0.1, 0.15) is 5.82 Å². The van der Waals surface area contributed by atoms with Gasteiger partial charge in [-0.05, 0) is 54.2 Å². The third kappa shape index (κ3) is 3.98. The lowest BCUT2D eigenvalue weighted by molar-refractivity contribution is 0.289. The standard InChI is InChI=1S/C18H20FNO2S/c1-23(21,22)18-8-2-13(3-9-18)12-20-17-10-15(11-17)14-4-6-16(19)7-5-14/h2-9,15,17,20H,10-12H2,1H3. The van der Waals surface area contributed by atoms with Gasteiger partial charge in [0.05, 0.1) is 4.90 Å². The van der Waals surface area contributed by atoms with E-state index in [0.29, 0.717) is 16.9 Å². The molecule has 2 aromatic rings. The Balaban J connectivity index is 1.48. The average molecular weight is 333 g/mol. The molecule has 1 fully saturated rings. The molecule has 0 radical (unpaired) electrons. The number of rotatable bonds is 5. The zero-order valence-corrected chi connectivity index (χ0v) is 13.8. The molecule has 0 bridgehead atoms. The van der Waals surface area contributed by atoms with Gasteiger partial charge in [-0.3, -0.25) is 0 Å². The van der Waals surface area contributed by atoms with Crippen molar-refractivity contribution >= 4 is 9.84 Å². The summed E-state index contributed by atoms with van der Waals surface area (Å²) in [5.41, 5.74) is 2.27. The van der Waals surface area contributed by atoms with Crippen LogP contribution in [-0.4, -0.2) is 20.7 Å². The molecular weight excluding hydrogens is 313 g/mol. The van der Waals surface area contributed by atoms with E-state index in [1.54, 1.807) is 12.1 Å². The van der Waals surface area contributed by atoms with Crippen molar-refractivity contribution in [1.82, 2.24) is 5.32 Å². The number of sulfone groups is 1. The highest BCUT2D eigenvalue weighted by molar-refractivity contribution is 7.90. The first-order valence-electron chi connectivity index (χ1n) is 7.69. The van der Waals surface area contributed by atoms with Gasteiger partial charge in [0.15, 0.2) is 9.84 Å². The van der Waals surface area contributed by atoms with Gasteiger partial charge in [-0.15, -0.1) is 0 Å². The van der Waals surface area contributed by atoms with Gasteiger partial charge in [0.2, 0.25) is 0 Å². The van der Waals surface area contributed by atoms with Crippen LogP contribution in [0.1, 0.15) is 29.9 Å². The van der Waals surface area contributed by atoms with Crippen LogP contribution in [0.5, 0.6) is 0 Å².